The minimum atomic E-state index is -0.375. The van der Waals surface area contributed by atoms with Gasteiger partial charge >= 0.3 is 5.69 Å². The van der Waals surface area contributed by atoms with Crippen LogP contribution in [0, 0.1) is 0 Å². The summed E-state index contributed by atoms with van der Waals surface area (Å²) in [4.78, 5) is 11.2. The van der Waals surface area contributed by atoms with Gasteiger partial charge in [0.25, 0.3) is 0 Å². The van der Waals surface area contributed by atoms with Gasteiger partial charge in [-0.15, -0.1) is 0 Å². The smallest absolute Gasteiger partial charge is 0.344 e. The summed E-state index contributed by atoms with van der Waals surface area (Å²) in [6.07, 6.45) is 0. The number of rotatable bonds is 2. The van der Waals surface area contributed by atoms with Crippen molar-refractivity contribution < 1.29 is 5.11 Å². The van der Waals surface area contributed by atoms with Crippen LogP contribution in [0.15, 0.2) is 4.79 Å². The highest BCUT2D eigenvalue weighted by Gasteiger charge is 2.21. The van der Waals surface area contributed by atoms with E-state index in [1.54, 1.807) is 0 Å². The fourth-order valence-electron chi connectivity index (χ4n) is 0.984. The SMILES string of the molecule is CC(C)(I)n1c(CO)n[nH]c1=O. The second-order valence-electron chi connectivity index (χ2n) is 2.85. The highest BCUT2D eigenvalue weighted by atomic mass is 127. The number of aromatic amines is 1. The van der Waals surface area contributed by atoms with Gasteiger partial charge in [0.1, 0.15) is 6.61 Å². The van der Waals surface area contributed by atoms with Gasteiger partial charge in [-0.2, -0.15) is 5.10 Å². The van der Waals surface area contributed by atoms with Crippen molar-refractivity contribution in [1.82, 2.24) is 14.8 Å². The van der Waals surface area contributed by atoms with E-state index in [2.05, 4.69) is 32.8 Å². The number of halogens is 1. The molecule has 0 atom stereocenters. The van der Waals surface area contributed by atoms with Crippen LogP contribution in [0.3, 0.4) is 0 Å². The molecule has 0 aliphatic rings. The number of nitrogens with one attached hydrogen (secondary N) is 1. The molecule has 0 fully saturated rings. The number of hydrogen-bond acceptors (Lipinski definition) is 3. The third kappa shape index (κ3) is 1.69. The molecule has 0 radical (unpaired) electrons. The highest BCUT2D eigenvalue weighted by Crippen LogP contribution is 2.22. The van der Waals surface area contributed by atoms with Crippen LogP contribution in [0.5, 0.6) is 0 Å². The van der Waals surface area contributed by atoms with E-state index < -0.39 is 0 Å². The van der Waals surface area contributed by atoms with Gasteiger partial charge < -0.3 is 5.11 Å². The van der Waals surface area contributed by atoms with Crippen LogP contribution in [-0.2, 0) is 10.2 Å². The number of nitrogens with zero attached hydrogens (tertiary/aromatic N) is 2. The summed E-state index contributed by atoms with van der Waals surface area (Å²) >= 11 is 2.11. The molecular formula is C6H10IN3O2. The Morgan fingerprint density at radius 1 is 1.75 bits per heavy atom. The lowest BCUT2D eigenvalue weighted by Gasteiger charge is -2.18. The molecule has 0 saturated carbocycles. The Kier molecular flexibility index (Phi) is 2.57. The standard InChI is InChI=1S/C6H10IN3O2/c1-6(2,7)10-4(3-11)8-9-5(10)12/h11H,3H2,1-2H3,(H,9,12). The third-order valence-corrected chi connectivity index (χ3v) is 1.90. The van der Waals surface area contributed by atoms with E-state index in [4.69, 9.17) is 5.11 Å². The molecule has 0 saturated heterocycles. The van der Waals surface area contributed by atoms with Gasteiger partial charge in [0.2, 0.25) is 0 Å². The van der Waals surface area contributed by atoms with Gasteiger partial charge in [-0.1, -0.05) is 22.6 Å². The maximum absolute atomic E-state index is 11.2. The van der Waals surface area contributed by atoms with Gasteiger partial charge in [0, 0.05) is 0 Å². The number of hydrogen-bond donors (Lipinski definition) is 2. The fraction of sp³-hybridized carbons (Fsp3) is 0.667. The van der Waals surface area contributed by atoms with E-state index in [0.29, 0.717) is 5.82 Å². The average molecular weight is 283 g/mol. The van der Waals surface area contributed by atoms with E-state index in [9.17, 15) is 4.79 Å². The number of alkyl halides is 1. The first-order chi connectivity index (χ1) is 5.46. The van der Waals surface area contributed by atoms with Crippen LogP contribution in [-0.4, -0.2) is 19.9 Å². The zero-order chi connectivity index (χ0) is 9.35. The second kappa shape index (κ2) is 3.17. The number of aliphatic hydroxyl groups excluding tert-OH is 1. The van der Waals surface area contributed by atoms with Gasteiger partial charge in [-0.25, -0.2) is 9.89 Å². The number of aromatic nitrogens is 3. The molecule has 0 unspecified atom stereocenters. The van der Waals surface area contributed by atoms with E-state index in [1.807, 2.05) is 13.8 Å². The Morgan fingerprint density at radius 3 is 2.67 bits per heavy atom. The zero-order valence-corrected chi connectivity index (χ0v) is 8.99. The van der Waals surface area contributed by atoms with Crippen LogP contribution in [0.4, 0.5) is 0 Å². The van der Waals surface area contributed by atoms with Crippen LogP contribution < -0.4 is 5.69 Å². The van der Waals surface area contributed by atoms with Crippen molar-refractivity contribution in [3.05, 3.63) is 16.3 Å². The van der Waals surface area contributed by atoms with Crippen LogP contribution in [0.2, 0.25) is 0 Å². The molecule has 2 N–H and O–H groups in total. The van der Waals surface area contributed by atoms with Crippen molar-refractivity contribution in [2.45, 2.75) is 24.0 Å². The van der Waals surface area contributed by atoms with Crippen molar-refractivity contribution in [3.8, 4) is 0 Å². The summed E-state index contributed by atoms with van der Waals surface area (Å²) in [6, 6.07) is 0. The molecule has 0 aliphatic carbocycles. The summed E-state index contributed by atoms with van der Waals surface area (Å²) in [5, 5.41) is 14.8. The third-order valence-electron chi connectivity index (χ3n) is 1.41. The Bertz CT molecular complexity index is 322. The molecule has 1 aromatic rings. The quantitative estimate of drug-likeness (QED) is 0.601. The first kappa shape index (κ1) is 9.72. The summed E-state index contributed by atoms with van der Waals surface area (Å²) in [6.45, 7) is 3.50. The monoisotopic (exact) mass is 283 g/mol. The molecule has 1 rings (SSSR count). The summed E-state index contributed by atoms with van der Waals surface area (Å²) in [7, 11) is 0. The normalized spacial score (nSPS) is 12.0. The summed E-state index contributed by atoms with van der Waals surface area (Å²) < 4.78 is 1.05. The van der Waals surface area contributed by atoms with Gasteiger partial charge in [0.05, 0.1) is 3.55 Å². The molecule has 6 heteroatoms. The molecule has 0 aliphatic heterocycles. The topological polar surface area (TPSA) is 70.9 Å². The Morgan fingerprint density at radius 2 is 2.33 bits per heavy atom. The van der Waals surface area contributed by atoms with E-state index in [0.717, 1.165) is 0 Å². The Balaban J connectivity index is 3.29. The maximum Gasteiger partial charge on any atom is 0.344 e. The van der Waals surface area contributed by atoms with Gasteiger partial charge in [-0.3, -0.25) is 4.57 Å². The molecule has 1 heterocycles. The summed E-state index contributed by atoms with van der Waals surface area (Å²) in [5.74, 6) is 0.361. The molecule has 68 valence electrons. The molecule has 0 spiro atoms. The van der Waals surface area contributed by atoms with Crippen LogP contribution >= 0.6 is 22.6 Å². The molecule has 12 heavy (non-hydrogen) atoms. The van der Waals surface area contributed by atoms with Crippen molar-refractivity contribution in [2.75, 3.05) is 0 Å². The Labute approximate surface area is 82.9 Å². The molecule has 5 nitrogen and oxygen atoms in total. The predicted octanol–water partition coefficient (Wildman–Crippen LogP) is 0.191. The Hall–Kier alpha value is -0.370. The van der Waals surface area contributed by atoms with Crippen molar-refractivity contribution >= 4 is 22.6 Å². The lowest BCUT2D eigenvalue weighted by atomic mass is 10.4. The molecule has 0 aromatic carbocycles. The zero-order valence-electron chi connectivity index (χ0n) is 6.83. The average Bonchev–Trinajstić information content (AvgIpc) is 2.29. The van der Waals surface area contributed by atoms with Crippen LogP contribution in [0.1, 0.15) is 19.7 Å². The van der Waals surface area contributed by atoms with Crippen molar-refractivity contribution in [1.29, 1.82) is 0 Å². The fourth-order valence-corrected chi connectivity index (χ4v) is 1.48. The summed E-state index contributed by atoms with van der Waals surface area (Å²) in [5.41, 5.74) is -0.293. The lowest BCUT2D eigenvalue weighted by molar-refractivity contribution is 0.260. The van der Waals surface area contributed by atoms with Crippen molar-refractivity contribution in [3.63, 3.8) is 0 Å². The van der Waals surface area contributed by atoms with E-state index in [-0.39, 0.29) is 15.8 Å². The highest BCUT2D eigenvalue weighted by molar-refractivity contribution is 14.1. The second-order valence-corrected chi connectivity index (χ2v) is 5.49. The van der Waals surface area contributed by atoms with E-state index >= 15 is 0 Å². The first-order valence-electron chi connectivity index (χ1n) is 3.43. The maximum atomic E-state index is 11.2. The lowest BCUT2D eigenvalue weighted by Crippen LogP contribution is -2.31. The predicted molar refractivity (Wildman–Crippen MR) is 52.1 cm³/mol. The molecular weight excluding hydrogens is 273 g/mol. The minimum Gasteiger partial charge on any atom is -0.388 e. The largest absolute Gasteiger partial charge is 0.388 e. The van der Waals surface area contributed by atoms with E-state index in [1.165, 1.54) is 4.57 Å². The first-order valence-corrected chi connectivity index (χ1v) is 4.51. The van der Waals surface area contributed by atoms with Gasteiger partial charge in [0.15, 0.2) is 5.82 Å². The molecule has 0 bridgehead atoms. The number of H-pyrrole nitrogens is 1. The van der Waals surface area contributed by atoms with Crippen LogP contribution in [0.25, 0.3) is 0 Å². The van der Waals surface area contributed by atoms with Crippen molar-refractivity contribution in [2.24, 2.45) is 0 Å². The molecule has 1 aromatic heterocycles. The number of aliphatic hydroxyl groups is 1. The minimum absolute atomic E-state index is 0.231. The molecule has 0 amide bonds. The van der Waals surface area contributed by atoms with Gasteiger partial charge in [-0.05, 0) is 13.8 Å².